The maximum Gasteiger partial charge on any atom is 0.416 e. The standard InChI is InChI=1S/C11H11BrF3N3/c1-7-10(6-12)17-18(16-7)9-4-2-8(3-5-9)11(13,14)15/h2-4,9H,5-6H2,1H3. The monoisotopic (exact) mass is 321 g/mol. The van der Waals surface area contributed by atoms with E-state index < -0.39 is 11.7 Å². The maximum absolute atomic E-state index is 12.4. The van der Waals surface area contributed by atoms with Crippen LogP contribution in [0.2, 0.25) is 0 Å². The Morgan fingerprint density at radius 2 is 2.17 bits per heavy atom. The fourth-order valence-electron chi connectivity index (χ4n) is 1.69. The molecule has 1 atom stereocenters. The van der Waals surface area contributed by atoms with Crippen molar-refractivity contribution in [3.8, 4) is 0 Å². The second kappa shape index (κ2) is 4.87. The molecule has 7 heteroatoms. The van der Waals surface area contributed by atoms with Crippen molar-refractivity contribution in [1.29, 1.82) is 0 Å². The Hall–Kier alpha value is -1.11. The molecule has 0 spiro atoms. The van der Waals surface area contributed by atoms with Gasteiger partial charge in [-0.1, -0.05) is 34.2 Å². The zero-order valence-corrected chi connectivity index (χ0v) is 11.2. The van der Waals surface area contributed by atoms with Gasteiger partial charge in [0.05, 0.1) is 23.0 Å². The Kier molecular flexibility index (Phi) is 3.61. The van der Waals surface area contributed by atoms with Gasteiger partial charge in [0.15, 0.2) is 0 Å². The number of allylic oxidation sites excluding steroid dienone is 4. The lowest BCUT2D eigenvalue weighted by Crippen LogP contribution is -2.17. The molecule has 3 nitrogen and oxygen atoms in total. The molecular weight excluding hydrogens is 311 g/mol. The summed E-state index contributed by atoms with van der Waals surface area (Å²) in [5, 5.41) is 9.02. The SMILES string of the molecule is Cc1nn(C2C=CC(C(F)(F)F)=CC2)nc1CBr. The highest BCUT2D eigenvalue weighted by Gasteiger charge is 2.33. The first-order chi connectivity index (χ1) is 8.41. The lowest BCUT2D eigenvalue weighted by Gasteiger charge is -2.16. The first kappa shape index (κ1) is 13.3. The van der Waals surface area contributed by atoms with Gasteiger partial charge in [0.25, 0.3) is 0 Å². The summed E-state index contributed by atoms with van der Waals surface area (Å²) in [5.41, 5.74) is 0.975. The number of aromatic nitrogens is 3. The molecule has 18 heavy (non-hydrogen) atoms. The van der Waals surface area contributed by atoms with Crippen LogP contribution < -0.4 is 0 Å². The Balaban J connectivity index is 2.15. The molecule has 1 heterocycles. The minimum atomic E-state index is -4.28. The normalized spacial score (nSPS) is 20.1. The number of alkyl halides is 4. The summed E-state index contributed by atoms with van der Waals surface area (Å²) in [4.78, 5) is 1.46. The third kappa shape index (κ3) is 2.66. The fraction of sp³-hybridized carbons (Fsp3) is 0.455. The molecule has 0 aliphatic heterocycles. The molecule has 0 aromatic carbocycles. The van der Waals surface area contributed by atoms with Crippen molar-refractivity contribution in [2.24, 2.45) is 0 Å². The summed E-state index contributed by atoms with van der Waals surface area (Å²) in [6.45, 7) is 1.82. The molecule has 0 bridgehead atoms. The van der Waals surface area contributed by atoms with Crippen LogP contribution in [0.5, 0.6) is 0 Å². The third-order valence-electron chi connectivity index (χ3n) is 2.72. The van der Waals surface area contributed by atoms with Crippen molar-refractivity contribution in [2.75, 3.05) is 0 Å². The van der Waals surface area contributed by atoms with E-state index in [2.05, 4.69) is 26.1 Å². The number of halogens is 4. The average Bonchev–Trinajstić information content (AvgIpc) is 2.69. The molecule has 0 radical (unpaired) electrons. The van der Waals surface area contributed by atoms with Crippen molar-refractivity contribution in [1.82, 2.24) is 15.0 Å². The highest BCUT2D eigenvalue weighted by Crippen LogP contribution is 2.31. The molecule has 1 aromatic rings. The van der Waals surface area contributed by atoms with Crippen molar-refractivity contribution in [3.05, 3.63) is 35.2 Å². The Bertz CT molecular complexity index is 502. The van der Waals surface area contributed by atoms with Gasteiger partial charge in [-0.2, -0.15) is 28.2 Å². The lowest BCUT2D eigenvalue weighted by molar-refractivity contribution is -0.0887. The van der Waals surface area contributed by atoms with E-state index in [0.717, 1.165) is 17.5 Å². The van der Waals surface area contributed by atoms with Crippen LogP contribution in [0.1, 0.15) is 23.9 Å². The van der Waals surface area contributed by atoms with E-state index in [9.17, 15) is 13.2 Å². The van der Waals surface area contributed by atoms with Gasteiger partial charge in [0.1, 0.15) is 0 Å². The smallest absolute Gasteiger partial charge is 0.177 e. The van der Waals surface area contributed by atoms with Gasteiger partial charge in [-0.05, 0) is 13.3 Å². The lowest BCUT2D eigenvalue weighted by atomic mass is 10.0. The average molecular weight is 322 g/mol. The minimum Gasteiger partial charge on any atom is -0.177 e. The van der Waals surface area contributed by atoms with E-state index >= 15 is 0 Å². The van der Waals surface area contributed by atoms with E-state index in [1.807, 2.05) is 6.92 Å². The van der Waals surface area contributed by atoms with Gasteiger partial charge in [-0.15, -0.1) is 0 Å². The Labute approximate surface area is 110 Å². The zero-order chi connectivity index (χ0) is 13.3. The predicted octanol–water partition coefficient (Wildman–Crippen LogP) is 3.47. The molecule has 0 fully saturated rings. The number of nitrogens with zero attached hydrogens (tertiary/aromatic N) is 3. The van der Waals surface area contributed by atoms with Crippen LogP contribution in [0.3, 0.4) is 0 Å². The van der Waals surface area contributed by atoms with E-state index in [4.69, 9.17) is 0 Å². The van der Waals surface area contributed by atoms with Crippen molar-refractivity contribution in [3.63, 3.8) is 0 Å². The van der Waals surface area contributed by atoms with Gasteiger partial charge < -0.3 is 0 Å². The van der Waals surface area contributed by atoms with E-state index in [0.29, 0.717) is 5.33 Å². The fourth-order valence-corrected chi connectivity index (χ4v) is 2.21. The topological polar surface area (TPSA) is 30.7 Å². The van der Waals surface area contributed by atoms with Gasteiger partial charge in [-0.3, -0.25) is 0 Å². The van der Waals surface area contributed by atoms with Crippen molar-refractivity contribution >= 4 is 15.9 Å². The zero-order valence-electron chi connectivity index (χ0n) is 9.58. The van der Waals surface area contributed by atoms with E-state index in [1.165, 1.54) is 16.9 Å². The van der Waals surface area contributed by atoms with Gasteiger partial charge >= 0.3 is 6.18 Å². The van der Waals surface area contributed by atoms with E-state index in [-0.39, 0.29) is 12.5 Å². The van der Waals surface area contributed by atoms with Crippen LogP contribution in [-0.2, 0) is 5.33 Å². The number of hydrogen-bond acceptors (Lipinski definition) is 2. The third-order valence-corrected chi connectivity index (χ3v) is 3.25. The summed E-state index contributed by atoms with van der Waals surface area (Å²) in [6.07, 6.45) is -0.282. The van der Waals surface area contributed by atoms with Crippen molar-refractivity contribution in [2.45, 2.75) is 30.9 Å². The molecular formula is C11H11BrF3N3. The first-order valence-corrected chi connectivity index (χ1v) is 6.48. The summed E-state index contributed by atoms with van der Waals surface area (Å²) in [7, 11) is 0. The van der Waals surface area contributed by atoms with Crippen molar-refractivity contribution < 1.29 is 13.2 Å². The molecule has 2 rings (SSSR count). The second-order valence-corrected chi connectivity index (χ2v) is 4.57. The van der Waals surface area contributed by atoms with Crippen LogP contribution in [0.4, 0.5) is 13.2 Å². The van der Waals surface area contributed by atoms with Gasteiger partial charge in [0, 0.05) is 5.33 Å². The molecule has 0 N–H and O–H groups in total. The van der Waals surface area contributed by atoms with Crippen LogP contribution in [0, 0.1) is 6.92 Å². The number of hydrogen-bond donors (Lipinski definition) is 0. The number of aryl methyl sites for hydroxylation is 1. The molecule has 1 aromatic heterocycles. The largest absolute Gasteiger partial charge is 0.416 e. The summed E-state index contributed by atoms with van der Waals surface area (Å²) in [5.74, 6) is 0. The Morgan fingerprint density at radius 1 is 1.44 bits per heavy atom. The van der Waals surface area contributed by atoms with E-state index in [1.54, 1.807) is 0 Å². The number of rotatable bonds is 2. The van der Waals surface area contributed by atoms with Gasteiger partial charge in [0.2, 0.25) is 0 Å². The van der Waals surface area contributed by atoms with Crippen LogP contribution in [-0.4, -0.2) is 21.2 Å². The van der Waals surface area contributed by atoms with Crippen LogP contribution in [0.15, 0.2) is 23.8 Å². The maximum atomic E-state index is 12.4. The molecule has 0 saturated carbocycles. The van der Waals surface area contributed by atoms with Gasteiger partial charge in [-0.25, -0.2) is 0 Å². The molecule has 1 unspecified atom stereocenters. The molecule has 0 amide bonds. The summed E-state index contributed by atoms with van der Waals surface area (Å²) >= 11 is 3.29. The van der Waals surface area contributed by atoms with Crippen LogP contribution >= 0.6 is 15.9 Å². The molecule has 98 valence electrons. The summed E-state index contributed by atoms with van der Waals surface area (Å²) < 4.78 is 37.3. The minimum absolute atomic E-state index is 0.248. The molecule has 1 aliphatic carbocycles. The second-order valence-electron chi connectivity index (χ2n) is 4.01. The quantitative estimate of drug-likeness (QED) is 0.781. The highest BCUT2D eigenvalue weighted by molar-refractivity contribution is 9.08. The summed E-state index contributed by atoms with van der Waals surface area (Å²) in [6, 6.07) is -0.248. The van der Waals surface area contributed by atoms with Crippen LogP contribution in [0.25, 0.3) is 0 Å². The highest BCUT2D eigenvalue weighted by atomic mass is 79.9. The Morgan fingerprint density at radius 3 is 2.61 bits per heavy atom. The molecule has 0 saturated heterocycles. The predicted molar refractivity (Wildman–Crippen MR) is 64.3 cm³/mol. The first-order valence-electron chi connectivity index (χ1n) is 5.35. The molecule has 1 aliphatic rings.